The van der Waals surface area contributed by atoms with Crippen molar-refractivity contribution in [2.45, 2.75) is 19.4 Å². The fourth-order valence-electron chi connectivity index (χ4n) is 2.62. The predicted molar refractivity (Wildman–Crippen MR) is 82.0 cm³/mol. The molecule has 3 rings (SSSR count). The SMILES string of the molecule is Cc1csc2ncc(C(=O)N3CCOCC3CC(=O)O)c(=O)n12. The summed E-state index contributed by atoms with van der Waals surface area (Å²) in [5, 5.41) is 10.8. The topological polar surface area (TPSA) is 101 Å². The Morgan fingerprint density at radius 3 is 3.04 bits per heavy atom. The number of carboxylic acids is 1. The summed E-state index contributed by atoms with van der Waals surface area (Å²) in [6, 6.07) is -0.586. The van der Waals surface area contributed by atoms with Crippen LogP contribution in [0.5, 0.6) is 0 Å². The highest BCUT2D eigenvalue weighted by Gasteiger charge is 2.31. The molecule has 8 nitrogen and oxygen atoms in total. The van der Waals surface area contributed by atoms with E-state index in [9.17, 15) is 14.4 Å². The van der Waals surface area contributed by atoms with Gasteiger partial charge in [0, 0.05) is 23.8 Å². The van der Waals surface area contributed by atoms with E-state index in [4.69, 9.17) is 9.84 Å². The second-order valence-electron chi connectivity index (χ2n) is 5.30. The Balaban J connectivity index is 1.98. The van der Waals surface area contributed by atoms with E-state index < -0.39 is 23.5 Å². The number of aliphatic carboxylic acids is 1. The maximum absolute atomic E-state index is 12.7. The third kappa shape index (κ3) is 2.84. The van der Waals surface area contributed by atoms with Crippen LogP contribution < -0.4 is 5.56 Å². The summed E-state index contributed by atoms with van der Waals surface area (Å²) in [7, 11) is 0. The van der Waals surface area contributed by atoms with E-state index in [0.29, 0.717) is 17.3 Å². The molecule has 0 aromatic carbocycles. The summed E-state index contributed by atoms with van der Waals surface area (Å²) in [5.41, 5.74) is 0.224. The van der Waals surface area contributed by atoms with Crippen molar-refractivity contribution in [3.63, 3.8) is 0 Å². The average molecular weight is 337 g/mol. The molecular weight excluding hydrogens is 322 g/mol. The molecule has 122 valence electrons. The lowest BCUT2D eigenvalue weighted by molar-refractivity contribution is -0.139. The fourth-order valence-corrected chi connectivity index (χ4v) is 3.45. The predicted octanol–water partition coefficient (Wildman–Crippen LogP) is 0.380. The Morgan fingerprint density at radius 1 is 1.52 bits per heavy atom. The van der Waals surface area contributed by atoms with Gasteiger partial charge in [0.2, 0.25) is 0 Å². The van der Waals surface area contributed by atoms with Crippen LogP contribution in [0.3, 0.4) is 0 Å². The molecule has 23 heavy (non-hydrogen) atoms. The normalized spacial score (nSPS) is 18.3. The van der Waals surface area contributed by atoms with Gasteiger partial charge < -0.3 is 14.7 Å². The summed E-state index contributed by atoms with van der Waals surface area (Å²) in [4.78, 5) is 42.3. The molecule has 0 spiro atoms. The van der Waals surface area contributed by atoms with E-state index >= 15 is 0 Å². The van der Waals surface area contributed by atoms with E-state index in [1.807, 2.05) is 0 Å². The zero-order chi connectivity index (χ0) is 16.6. The Hall–Kier alpha value is -2.26. The molecule has 1 unspecified atom stereocenters. The first kappa shape index (κ1) is 15.6. The van der Waals surface area contributed by atoms with Crippen LogP contribution in [0.1, 0.15) is 22.5 Å². The Morgan fingerprint density at radius 2 is 2.30 bits per heavy atom. The van der Waals surface area contributed by atoms with Crippen LogP contribution in [-0.4, -0.2) is 57.1 Å². The number of carbonyl (C=O) groups is 2. The molecule has 1 N–H and O–H groups in total. The minimum absolute atomic E-state index is 0.0544. The smallest absolute Gasteiger partial charge is 0.305 e. The molecule has 1 saturated heterocycles. The molecule has 1 fully saturated rings. The third-order valence-corrected chi connectivity index (χ3v) is 4.70. The average Bonchev–Trinajstić information content (AvgIpc) is 2.89. The monoisotopic (exact) mass is 337 g/mol. The van der Waals surface area contributed by atoms with E-state index in [2.05, 4.69) is 4.98 Å². The highest BCUT2D eigenvalue weighted by Crippen LogP contribution is 2.15. The molecule has 1 aliphatic rings. The van der Waals surface area contributed by atoms with Crippen LogP contribution in [0, 0.1) is 6.92 Å². The second kappa shape index (κ2) is 6.09. The highest BCUT2D eigenvalue weighted by atomic mass is 32.1. The zero-order valence-electron chi connectivity index (χ0n) is 12.4. The maximum atomic E-state index is 12.7. The number of rotatable bonds is 3. The van der Waals surface area contributed by atoms with Gasteiger partial charge in [-0.3, -0.25) is 18.8 Å². The first-order valence-electron chi connectivity index (χ1n) is 7.05. The molecular formula is C14H15N3O5S. The lowest BCUT2D eigenvalue weighted by atomic mass is 10.1. The van der Waals surface area contributed by atoms with Crippen LogP contribution in [0.15, 0.2) is 16.4 Å². The minimum atomic E-state index is -1.02. The van der Waals surface area contributed by atoms with E-state index in [1.54, 1.807) is 12.3 Å². The van der Waals surface area contributed by atoms with Gasteiger partial charge in [-0.25, -0.2) is 4.98 Å². The molecule has 2 aromatic heterocycles. The van der Waals surface area contributed by atoms with Crippen molar-refractivity contribution in [1.29, 1.82) is 0 Å². The standard InChI is InChI=1S/C14H15N3O5S/c1-8-7-23-14-15-5-10(13(21)17(8)14)12(20)16-2-3-22-6-9(16)4-11(18)19/h5,7,9H,2-4,6H2,1H3,(H,18,19). The molecule has 0 bridgehead atoms. The van der Waals surface area contributed by atoms with Crippen molar-refractivity contribution in [3.05, 3.63) is 33.2 Å². The van der Waals surface area contributed by atoms with Crippen LogP contribution in [-0.2, 0) is 9.53 Å². The van der Waals surface area contributed by atoms with Gasteiger partial charge in [-0.2, -0.15) is 0 Å². The van der Waals surface area contributed by atoms with Crippen LogP contribution in [0.4, 0.5) is 0 Å². The number of carboxylic acid groups (broad SMARTS) is 1. The summed E-state index contributed by atoms with van der Waals surface area (Å²) in [6.07, 6.45) is 1.05. The lowest BCUT2D eigenvalue weighted by Crippen LogP contribution is -2.50. The van der Waals surface area contributed by atoms with Crippen molar-refractivity contribution < 1.29 is 19.4 Å². The van der Waals surface area contributed by atoms with Crippen LogP contribution >= 0.6 is 11.3 Å². The number of fused-ring (bicyclic) bond motifs is 1. The molecule has 1 amide bonds. The van der Waals surface area contributed by atoms with Gasteiger partial charge in [-0.05, 0) is 6.92 Å². The van der Waals surface area contributed by atoms with Crippen molar-refractivity contribution in [3.8, 4) is 0 Å². The molecule has 1 aliphatic heterocycles. The largest absolute Gasteiger partial charge is 0.481 e. The summed E-state index contributed by atoms with van der Waals surface area (Å²) < 4.78 is 6.65. The number of hydrogen-bond acceptors (Lipinski definition) is 6. The molecule has 0 radical (unpaired) electrons. The number of ether oxygens (including phenoxy) is 1. The Kier molecular flexibility index (Phi) is 4.14. The van der Waals surface area contributed by atoms with E-state index in [0.717, 1.165) is 0 Å². The van der Waals surface area contributed by atoms with Crippen LogP contribution in [0.2, 0.25) is 0 Å². The van der Waals surface area contributed by atoms with Gasteiger partial charge in [-0.1, -0.05) is 0 Å². The molecule has 0 saturated carbocycles. The zero-order valence-corrected chi connectivity index (χ0v) is 13.2. The second-order valence-corrected chi connectivity index (χ2v) is 6.13. The van der Waals surface area contributed by atoms with E-state index in [1.165, 1.54) is 26.8 Å². The number of hydrogen-bond donors (Lipinski definition) is 1. The fraction of sp³-hybridized carbons (Fsp3) is 0.429. The summed E-state index contributed by atoms with van der Waals surface area (Å²) in [6.45, 7) is 2.48. The maximum Gasteiger partial charge on any atom is 0.305 e. The molecule has 3 heterocycles. The van der Waals surface area contributed by atoms with E-state index in [-0.39, 0.29) is 25.1 Å². The Bertz CT molecular complexity index is 827. The number of nitrogens with zero attached hydrogens (tertiary/aromatic N) is 3. The number of carbonyl (C=O) groups excluding carboxylic acids is 1. The first-order chi connectivity index (χ1) is 11.0. The van der Waals surface area contributed by atoms with Crippen LogP contribution in [0.25, 0.3) is 4.96 Å². The number of aromatic nitrogens is 2. The number of aryl methyl sites for hydroxylation is 1. The van der Waals surface area contributed by atoms with Gasteiger partial charge in [0.05, 0.1) is 25.7 Å². The third-order valence-electron chi connectivity index (χ3n) is 3.75. The van der Waals surface area contributed by atoms with Gasteiger partial charge in [0.1, 0.15) is 5.56 Å². The molecule has 1 atom stereocenters. The lowest BCUT2D eigenvalue weighted by Gasteiger charge is -2.34. The molecule has 0 aliphatic carbocycles. The minimum Gasteiger partial charge on any atom is -0.481 e. The van der Waals surface area contributed by atoms with Crippen molar-refractivity contribution >= 4 is 28.2 Å². The quantitative estimate of drug-likeness (QED) is 0.869. The number of morpholine rings is 1. The van der Waals surface area contributed by atoms with Gasteiger partial charge >= 0.3 is 5.97 Å². The van der Waals surface area contributed by atoms with Crippen molar-refractivity contribution in [2.24, 2.45) is 0 Å². The number of thiazole rings is 1. The summed E-state index contributed by atoms with van der Waals surface area (Å²) in [5.74, 6) is -1.52. The Labute approximate surface area is 134 Å². The first-order valence-corrected chi connectivity index (χ1v) is 7.93. The van der Waals surface area contributed by atoms with Crippen molar-refractivity contribution in [2.75, 3.05) is 19.8 Å². The number of amides is 1. The summed E-state index contributed by atoms with van der Waals surface area (Å²) >= 11 is 1.32. The van der Waals surface area contributed by atoms with Gasteiger partial charge in [-0.15, -0.1) is 11.3 Å². The molecule has 2 aromatic rings. The highest BCUT2D eigenvalue weighted by molar-refractivity contribution is 7.15. The van der Waals surface area contributed by atoms with Crippen molar-refractivity contribution in [1.82, 2.24) is 14.3 Å². The molecule has 9 heteroatoms. The van der Waals surface area contributed by atoms with Gasteiger partial charge in [0.25, 0.3) is 11.5 Å². The van der Waals surface area contributed by atoms with Gasteiger partial charge in [0.15, 0.2) is 4.96 Å².